The molecule has 6 heteroatoms. The van der Waals surface area contributed by atoms with E-state index in [0.29, 0.717) is 26.0 Å². The maximum atomic E-state index is 11.1. The molecule has 0 aromatic heterocycles. The molecule has 0 bridgehead atoms. The third-order valence-electron chi connectivity index (χ3n) is 2.50. The number of nitrogens with one attached hydrogen (secondary N) is 1. The molecule has 1 heterocycles. The second-order valence-corrected chi connectivity index (χ2v) is 6.18. The van der Waals surface area contributed by atoms with Gasteiger partial charge in [-0.15, -0.1) is 0 Å². The van der Waals surface area contributed by atoms with Crippen molar-refractivity contribution in [3.05, 3.63) is 0 Å². The number of aliphatic hydroxyl groups excluding tert-OH is 1. The zero-order valence-electron chi connectivity index (χ0n) is 8.98. The maximum absolute atomic E-state index is 11.1. The number of ether oxygens (including phenoxy) is 1. The van der Waals surface area contributed by atoms with Crippen LogP contribution in [0.4, 0.5) is 0 Å². The molecule has 1 saturated heterocycles. The first-order valence-corrected chi connectivity index (χ1v) is 6.96. The van der Waals surface area contributed by atoms with Gasteiger partial charge in [0, 0.05) is 13.2 Å². The molecule has 0 aromatic rings. The summed E-state index contributed by atoms with van der Waals surface area (Å²) in [5.41, 5.74) is 0. The van der Waals surface area contributed by atoms with Gasteiger partial charge in [0.15, 0.2) is 9.84 Å². The van der Waals surface area contributed by atoms with Gasteiger partial charge < -0.3 is 15.2 Å². The Morgan fingerprint density at radius 3 is 2.87 bits per heavy atom. The van der Waals surface area contributed by atoms with E-state index in [1.54, 1.807) is 7.11 Å². The second kappa shape index (κ2) is 5.79. The molecule has 0 spiro atoms. The molecule has 1 rings (SSSR count). The van der Waals surface area contributed by atoms with E-state index in [1.165, 1.54) is 0 Å². The highest BCUT2D eigenvalue weighted by Gasteiger charge is 2.27. The first kappa shape index (κ1) is 12.9. The van der Waals surface area contributed by atoms with Gasteiger partial charge >= 0.3 is 0 Å². The monoisotopic (exact) mass is 237 g/mol. The van der Waals surface area contributed by atoms with Crippen LogP contribution in [-0.4, -0.2) is 57.4 Å². The van der Waals surface area contributed by atoms with E-state index >= 15 is 0 Å². The van der Waals surface area contributed by atoms with Gasteiger partial charge in [-0.1, -0.05) is 0 Å². The molecular formula is C9H19NO4S. The van der Waals surface area contributed by atoms with E-state index in [4.69, 9.17) is 4.74 Å². The van der Waals surface area contributed by atoms with E-state index in [9.17, 15) is 13.5 Å². The number of aliphatic hydroxyl groups is 1. The van der Waals surface area contributed by atoms with E-state index in [0.717, 1.165) is 0 Å². The minimum atomic E-state index is -2.81. The highest BCUT2D eigenvalue weighted by molar-refractivity contribution is 7.91. The lowest BCUT2D eigenvalue weighted by atomic mass is 10.2. The third kappa shape index (κ3) is 4.92. The fraction of sp³-hybridized carbons (Fsp3) is 1.00. The van der Waals surface area contributed by atoms with Crippen LogP contribution in [0.5, 0.6) is 0 Å². The molecule has 15 heavy (non-hydrogen) atoms. The molecule has 2 atom stereocenters. The Hall–Kier alpha value is -0.170. The predicted octanol–water partition coefficient (Wildman–Crippen LogP) is -0.839. The Morgan fingerprint density at radius 2 is 2.33 bits per heavy atom. The SMILES string of the molecule is COCC(O)CCNC1CCS(=O)(=O)C1. The van der Waals surface area contributed by atoms with Crippen molar-refractivity contribution in [1.82, 2.24) is 5.32 Å². The standard InChI is InChI=1S/C9H19NO4S/c1-14-6-9(11)2-4-10-8-3-5-15(12,13)7-8/h8-11H,2-7H2,1H3. The average Bonchev–Trinajstić information content (AvgIpc) is 2.46. The van der Waals surface area contributed by atoms with Gasteiger partial charge in [0.05, 0.1) is 24.2 Å². The molecule has 90 valence electrons. The minimum absolute atomic E-state index is 0.0599. The summed E-state index contributed by atoms with van der Waals surface area (Å²) in [7, 11) is -1.26. The maximum Gasteiger partial charge on any atom is 0.151 e. The van der Waals surface area contributed by atoms with Crippen molar-refractivity contribution in [2.75, 3.05) is 31.8 Å². The largest absolute Gasteiger partial charge is 0.391 e. The van der Waals surface area contributed by atoms with Crippen LogP contribution in [0.3, 0.4) is 0 Å². The normalized spacial score (nSPS) is 26.7. The van der Waals surface area contributed by atoms with Gasteiger partial charge in [-0.05, 0) is 19.4 Å². The Labute approximate surface area is 90.7 Å². The summed E-state index contributed by atoms with van der Waals surface area (Å²) >= 11 is 0. The van der Waals surface area contributed by atoms with E-state index < -0.39 is 15.9 Å². The fourth-order valence-electron chi connectivity index (χ4n) is 1.69. The summed E-state index contributed by atoms with van der Waals surface area (Å²) in [6, 6.07) is 0.0599. The van der Waals surface area contributed by atoms with Crippen LogP contribution in [0.15, 0.2) is 0 Å². The Kier molecular flexibility index (Phi) is 4.98. The van der Waals surface area contributed by atoms with Gasteiger partial charge in [0.25, 0.3) is 0 Å². The van der Waals surface area contributed by atoms with Crippen molar-refractivity contribution in [3.63, 3.8) is 0 Å². The van der Waals surface area contributed by atoms with Gasteiger partial charge in [0.1, 0.15) is 0 Å². The summed E-state index contributed by atoms with van der Waals surface area (Å²) in [5, 5.41) is 12.5. The third-order valence-corrected chi connectivity index (χ3v) is 4.27. The second-order valence-electron chi connectivity index (χ2n) is 3.95. The van der Waals surface area contributed by atoms with Crippen LogP contribution in [0.2, 0.25) is 0 Å². The number of rotatable bonds is 6. The molecule has 0 aliphatic carbocycles. The smallest absolute Gasteiger partial charge is 0.151 e. The van der Waals surface area contributed by atoms with E-state index in [1.807, 2.05) is 0 Å². The predicted molar refractivity (Wildman–Crippen MR) is 57.6 cm³/mol. The molecule has 1 aliphatic heterocycles. The minimum Gasteiger partial charge on any atom is -0.391 e. The lowest BCUT2D eigenvalue weighted by Crippen LogP contribution is -2.33. The molecular weight excluding hydrogens is 218 g/mol. The molecule has 0 amide bonds. The van der Waals surface area contributed by atoms with Crippen LogP contribution >= 0.6 is 0 Å². The number of methoxy groups -OCH3 is 1. The van der Waals surface area contributed by atoms with Crippen LogP contribution in [0.25, 0.3) is 0 Å². The summed E-state index contributed by atoms with van der Waals surface area (Å²) in [6.45, 7) is 0.954. The molecule has 0 saturated carbocycles. The lowest BCUT2D eigenvalue weighted by molar-refractivity contribution is 0.0591. The van der Waals surface area contributed by atoms with Crippen molar-refractivity contribution in [2.24, 2.45) is 0 Å². The van der Waals surface area contributed by atoms with Crippen molar-refractivity contribution in [1.29, 1.82) is 0 Å². The Bertz CT molecular complexity index is 278. The van der Waals surface area contributed by atoms with E-state index in [2.05, 4.69) is 5.32 Å². The molecule has 2 N–H and O–H groups in total. The molecule has 0 aromatic carbocycles. The summed E-state index contributed by atoms with van der Waals surface area (Å²) in [5.74, 6) is 0.513. The van der Waals surface area contributed by atoms with Gasteiger partial charge in [-0.2, -0.15) is 0 Å². The topological polar surface area (TPSA) is 75.6 Å². The van der Waals surface area contributed by atoms with Crippen LogP contribution < -0.4 is 5.32 Å². The number of hydrogen-bond donors (Lipinski definition) is 2. The zero-order chi connectivity index (χ0) is 11.3. The van der Waals surface area contributed by atoms with Crippen LogP contribution in [-0.2, 0) is 14.6 Å². The van der Waals surface area contributed by atoms with Crippen LogP contribution in [0.1, 0.15) is 12.8 Å². The van der Waals surface area contributed by atoms with E-state index in [-0.39, 0.29) is 17.5 Å². The Morgan fingerprint density at radius 1 is 1.60 bits per heavy atom. The van der Waals surface area contributed by atoms with Crippen molar-refractivity contribution >= 4 is 9.84 Å². The van der Waals surface area contributed by atoms with Gasteiger partial charge in [0.2, 0.25) is 0 Å². The highest BCUT2D eigenvalue weighted by Crippen LogP contribution is 2.11. The lowest BCUT2D eigenvalue weighted by Gasteiger charge is -2.13. The summed E-state index contributed by atoms with van der Waals surface area (Å²) in [6.07, 6.45) is 0.799. The fourth-order valence-corrected chi connectivity index (χ4v) is 3.39. The molecule has 5 nitrogen and oxygen atoms in total. The van der Waals surface area contributed by atoms with Gasteiger partial charge in [-0.25, -0.2) is 8.42 Å². The van der Waals surface area contributed by atoms with Crippen molar-refractivity contribution in [2.45, 2.75) is 25.0 Å². The average molecular weight is 237 g/mol. The zero-order valence-corrected chi connectivity index (χ0v) is 9.79. The number of sulfone groups is 1. The quantitative estimate of drug-likeness (QED) is 0.630. The molecule has 2 unspecified atom stereocenters. The molecule has 0 radical (unpaired) electrons. The first-order chi connectivity index (χ1) is 7.03. The van der Waals surface area contributed by atoms with Crippen molar-refractivity contribution < 1.29 is 18.3 Å². The first-order valence-electron chi connectivity index (χ1n) is 5.14. The van der Waals surface area contributed by atoms with Crippen molar-refractivity contribution in [3.8, 4) is 0 Å². The summed E-state index contributed by atoms with van der Waals surface area (Å²) < 4.78 is 27.0. The van der Waals surface area contributed by atoms with Crippen LogP contribution in [0, 0.1) is 0 Å². The number of hydrogen-bond acceptors (Lipinski definition) is 5. The highest BCUT2D eigenvalue weighted by atomic mass is 32.2. The van der Waals surface area contributed by atoms with Gasteiger partial charge in [-0.3, -0.25) is 0 Å². The molecule has 1 fully saturated rings. The summed E-state index contributed by atoms with van der Waals surface area (Å²) in [4.78, 5) is 0. The molecule has 1 aliphatic rings. The Balaban J connectivity index is 2.11.